The maximum absolute atomic E-state index is 12.2. The lowest BCUT2D eigenvalue weighted by Gasteiger charge is -2.41. The largest absolute Gasteiger partial charge is 0.490 e. The third-order valence-corrected chi connectivity index (χ3v) is 7.93. The van der Waals surface area contributed by atoms with Crippen molar-refractivity contribution in [2.24, 2.45) is 0 Å². The standard InChI is InChI=1S/C33H50N2O7/c1-5-38-24-28-18-26(22-39-21-25(3)40-6-2)8-10-29(28)33(36)12-13-34-20-32(33)42-23-27-9-11-31-30(19-27)35(15-17-41-31)14-7-16-37-4/h8-11,18-19,25,32,34,36H,5-7,12-17,20-24H2,1-4H3/t25-,32+,33+/m1/s1. The summed E-state index contributed by atoms with van der Waals surface area (Å²) in [4.78, 5) is 2.35. The van der Waals surface area contributed by atoms with Gasteiger partial charge in [0.25, 0.3) is 0 Å². The minimum absolute atomic E-state index is 0.0481. The first-order chi connectivity index (χ1) is 20.5. The minimum atomic E-state index is -1.15. The molecular formula is C33H50N2O7. The Morgan fingerprint density at radius 3 is 2.71 bits per heavy atom. The van der Waals surface area contributed by atoms with Crippen molar-refractivity contribution in [3.05, 3.63) is 58.7 Å². The maximum atomic E-state index is 12.2. The van der Waals surface area contributed by atoms with E-state index in [1.54, 1.807) is 7.11 Å². The fourth-order valence-corrected chi connectivity index (χ4v) is 5.75. The van der Waals surface area contributed by atoms with E-state index in [9.17, 15) is 5.11 Å². The van der Waals surface area contributed by atoms with Crippen molar-refractivity contribution < 1.29 is 33.5 Å². The molecule has 1 saturated heterocycles. The Hall–Kier alpha value is -2.24. The summed E-state index contributed by atoms with van der Waals surface area (Å²) in [5.74, 6) is 0.898. The molecule has 9 heteroatoms. The Morgan fingerprint density at radius 2 is 1.90 bits per heavy atom. The number of rotatable bonds is 17. The van der Waals surface area contributed by atoms with Gasteiger partial charge in [-0.25, -0.2) is 0 Å². The molecule has 2 aliphatic rings. The highest BCUT2D eigenvalue weighted by molar-refractivity contribution is 5.61. The van der Waals surface area contributed by atoms with E-state index in [1.165, 1.54) is 0 Å². The van der Waals surface area contributed by atoms with Crippen molar-refractivity contribution in [3.63, 3.8) is 0 Å². The van der Waals surface area contributed by atoms with Crippen molar-refractivity contribution in [1.29, 1.82) is 0 Å². The molecule has 9 nitrogen and oxygen atoms in total. The fourth-order valence-electron chi connectivity index (χ4n) is 5.75. The number of nitrogens with zero attached hydrogens (tertiary/aromatic N) is 1. The molecule has 2 aromatic rings. The number of nitrogens with one attached hydrogen (secondary N) is 1. The van der Waals surface area contributed by atoms with Gasteiger partial charge in [0, 0.05) is 40.0 Å². The van der Waals surface area contributed by atoms with Gasteiger partial charge in [0.05, 0.1) is 44.8 Å². The van der Waals surface area contributed by atoms with Gasteiger partial charge in [-0.05, 0) is 74.5 Å². The van der Waals surface area contributed by atoms with Gasteiger partial charge in [-0.1, -0.05) is 24.3 Å². The Kier molecular flexibility index (Phi) is 12.9. The zero-order valence-corrected chi connectivity index (χ0v) is 25.9. The summed E-state index contributed by atoms with van der Waals surface area (Å²) in [5, 5.41) is 15.6. The number of fused-ring (bicyclic) bond motifs is 1. The topological polar surface area (TPSA) is 90.9 Å². The second kappa shape index (κ2) is 16.6. The number of ether oxygens (including phenoxy) is 6. The molecule has 4 rings (SSSR count). The molecule has 42 heavy (non-hydrogen) atoms. The van der Waals surface area contributed by atoms with E-state index in [1.807, 2.05) is 39.0 Å². The highest BCUT2D eigenvalue weighted by atomic mass is 16.5. The number of methoxy groups -OCH3 is 1. The van der Waals surface area contributed by atoms with Crippen LogP contribution in [0.4, 0.5) is 5.69 Å². The third-order valence-electron chi connectivity index (χ3n) is 7.93. The Labute approximate surface area is 251 Å². The molecule has 3 atom stereocenters. The van der Waals surface area contributed by atoms with E-state index in [0.29, 0.717) is 65.8 Å². The normalized spacial score (nSPS) is 21.2. The summed E-state index contributed by atoms with van der Waals surface area (Å²) >= 11 is 0. The number of piperidine rings is 1. The summed E-state index contributed by atoms with van der Waals surface area (Å²) in [7, 11) is 1.73. The van der Waals surface area contributed by atoms with Gasteiger partial charge in [-0.15, -0.1) is 0 Å². The predicted molar refractivity (Wildman–Crippen MR) is 163 cm³/mol. The van der Waals surface area contributed by atoms with Crippen LogP contribution in [0.2, 0.25) is 0 Å². The predicted octanol–water partition coefficient (Wildman–Crippen LogP) is 4.17. The lowest BCUT2D eigenvalue weighted by Crippen LogP contribution is -2.53. The monoisotopic (exact) mass is 586 g/mol. The number of hydrogen-bond donors (Lipinski definition) is 2. The molecule has 0 spiro atoms. The first-order valence-electron chi connectivity index (χ1n) is 15.4. The number of benzene rings is 2. The highest BCUT2D eigenvalue weighted by Crippen LogP contribution is 2.37. The average molecular weight is 587 g/mol. The molecule has 1 fully saturated rings. The van der Waals surface area contributed by atoms with Crippen molar-refractivity contribution in [1.82, 2.24) is 5.32 Å². The molecule has 0 aliphatic carbocycles. The molecular weight excluding hydrogens is 536 g/mol. The molecule has 0 aromatic heterocycles. The van der Waals surface area contributed by atoms with E-state index in [-0.39, 0.29) is 6.10 Å². The summed E-state index contributed by atoms with van der Waals surface area (Å²) < 4.78 is 35.0. The van der Waals surface area contributed by atoms with Crippen LogP contribution < -0.4 is 15.0 Å². The van der Waals surface area contributed by atoms with Crippen LogP contribution in [0.3, 0.4) is 0 Å². The lowest BCUT2D eigenvalue weighted by atomic mass is 9.80. The van der Waals surface area contributed by atoms with Gasteiger partial charge >= 0.3 is 0 Å². The zero-order chi connectivity index (χ0) is 29.8. The van der Waals surface area contributed by atoms with Crippen LogP contribution in [-0.4, -0.2) is 83.6 Å². The zero-order valence-electron chi connectivity index (χ0n) is 25.9. The van der Waals surface area contributed by atoms with E-state index < -0.39 is 11.7 Å². The van der Waals surface area contributed by atoms with E-state index in [4.69, 9.17) is 28.4 Å². The number of hydrogen-bond acceptors (Lipinski definition) is 9. The molecule has 0 saturated carbocycles. The van der Waals surface area contributed by atoms with Crippen LogP contribution in [0.15, 0.2) is 36.4 Å². The Bertz CT molecular complexity index is 1100. The van der Waals surface area contributed by atoms with E-state index in [2.05, 4.69) is 28.4 Å². The smallest absolute Gasteiger partial charge is 0.142 e. The first kappa shape index (κ1) is 32.7. The van der Waals surface area contributed by atoms with Gasteiger partial charge < -0.3 is 43.7 Å². The van der Waals surface area contributed by atoms with Crippen molar-refractivity contribution >= 4 is 5.69 Å². The van der Waals surface area contributed by atoms with Gasteiger partial charge in [0.2, 0.25) is 0 Å². The number of aliphatic hydroxyl groups is 1. The van der Waals surface area contributed by atoms with Crippen molar-refractivity contribution in [2.45, 2.75) is 71.2 Å². The Balaban J connectivity index is 1.48. The Morgan fingerprint density at radius 1 is 1.07 bits per heavy atom. The summed E-state index contributed by atoms with van der Waals surface area (Å²) in [6.07, 6.45) is 1.13. The van der Waals surface area contributed by atoms with E-state index >= 15 is 0 Å². The summed E-state index contributed by atoms with van der Waals surface area (Å²) in [5.41, 5.74) is 3.85. The van der Waals surface area contributed by atoms with E-state index in [0.717, 1.165) is 59.8 Å². The quantitative estimate of drug-likeness (QED) is 0.265. The van der Waals surface area contributed by atoms with Gasteiger partial charge in [-0.2, -0.15) is 0 Å². The lowest BCUT2D eigenvalue weighted by molar-refractivity contribution is -0.135. The second-order valence-electron chi connectivity index (χ2n) is 11.1. The molecule has 0 bridgehead atoms. The van der Waals surface area contributed by atoms with Crippen LogP contribution in [-0.2, 0) is 49.1 Å². The van der Waals surface area contributed by atoms with Crippen molar-refractivity contribution in [2.75, 3.05) is 71.2 Å². The van der Waals surface area contributed by atoms with Crippen LogP contribution in [0.5, 0.6) is 5.75 Å². The van der Waals surface area contributed by atoms with Crippen LogP contribution in [0.25, 0.3) is 0 Å². The van der Waals surface area contributed by atoms with Gasteiger partial charge in [0.1, 0.15) is 24.1 Å². The summed E-state index contributed by atoms with van der Waals surface area (Å²) in [6.45, 7) is 13.5. The third kappa shape index (κ3) is 8.66. The van der Waals surface area contributed by atoms with Crippen LogP contribution in [0.1, 0.15) is 55.9 Å². The van der Waals surface area contributed by atoms with Gasteiger partial charge in [-0.3, -0.25) is 0 Å². The molecule has 2 aliphatic heterocycles. The fraction of sp³-hybridized carbons (Fsp3) is 0.636. The molecule has 234 valence electrons. The maximum Gasteiger partial charge on any atom is 0.142 e. The van der Waals surface area contributed by atoms with Crippen LogP contribution >= 0.6 is 0 Å². The average Bonchev–Trinajstić information content (AvgIpc) is 3.00. The second-order valence-corrected chi connectivity index (χ2v) is 11.1. The summed E-state index contributed by atoms with van der Waals surface area (Å²) in [6, 6.07) is 12.4. The number of anilines is 1. The minimum Gasteiger partial charge on any atom is -0.490 e. The SMILES string of the molecule is CCOCc1cc(COC[C@@H](C)OCC)ccc1[C@@]1(O)CCNC[C@@H]1OCc1ccc2c(c1)N(CCCOC)CCO2. The van der Waals surface area contributed by atoms with Gasteiger partial charge in [0.15, 0.2) is 0 Å². The first-order valence-corrected chi connectivity index (χ1v) is 15.4. The highest BCUT2D eigenvalue weighted by Gasteiger charge is 2.43. The molecule has 2 aromatic carbocycles. The molecule has 2 N–H and O–H groups in total. The van der Waals surface area contributed by atoms with Crippen LogP contribution in [0, 0.1) is 0 Å². The molecule has 0 amide bonds. The molecule has 2 heterocycles. The van der Waals surface area contributed by atoms with Crippen molar-refractivity contribution in [3.8, 4) is 5.75 Å². The molecule has 0 unspecified atom stereocenters. The molecule has 0 radical (unpaired) electrons.